The highest BCUT2D eigenvalue weighted by Crippen LogP contribution is 2.35. The minimum absolute atomic E-state index is 0.00425. The topological polar surface area (TPSA) is 105 Å². The van der Waals surface area contributed by atoms with Crippen molar-refractivity contribution < 1.29 is 31.9 Å². The number of nitrogens with one attached hydrogen (secondary N) is 1. The van der Waals surface area contributed by atoms with Gasteiger partial charge in [0.15, 0.2) is 11.5 Å². The van der Waals surface area contributed by atoms with Gasteiger partial charge >= 0.3 is 0 Å². The van der Waals surface area contributed by atoms with Crippen molar-refractivity contribution in [2.75, 3.05) is 29.8 Å². The van der Waals surface area contributed by atoms with Gasteiger partial charge in [0.05, 0.1) is 11.4 Å². The molecule has 0 radical (unpaired) electrons. The summed E-state index contributed by atoms with van der Waals surface area (Å²) in [6, 6.07) is 9.29. The van der Waals surface area contributed by atoms with Crippen molar-refractivity contribution in [3.8, 4) is 11.5 Å². The summed E-state index contributed by atoms with van der Waals surface area (Å²) in [7, 11) is -3.88. The van der Waals surface area contributed by atoms with Crippen LogP contribution in [0.25, 0.3) is 0 Å². The zero-order valence-corrected chi connectivity index (χ0v) is 22.4. The number of fused-ring (bicyclic) bond motifs is 1. The molecule has 2 amide bonds. The third-order valence-electron chi connectivity index (χ3n) is 5.88. The van der Waals surface area contributed by atoms with Crippen LogP contribution in [0.2, 0.25) is 0 Å². The van der Waals surface area contributed by atoms with Crippen molar-refractivity contribution >= 4 is 27.5 Å². The number of benzene rings is 2. The van der Waals surface area contributed by atoms with Gasteiger partial charge < -0.3 is 19.7 Å². The van der Waals surface area contributed by atoms with Crippen molar-refractivity contribution in [3.63, 3.8) is 0 Å². The number of sulfonamides is 1. The number of amides is 2. The molecule has 1 aliphatic heterocycles. The molecular formula is C26H34FN3O6S. The first-order valence-corrected chi connectivity index (χ1v) is 13.9. The highest BCUT2D eigenvalue weighted by atomic mass is 32.2. The average molecular weight is 536 g/mol. The van der Waals surface area contributed by atoms with E-state index >= 15 is 0 Å². The van der Waals surface area contributed by atoms with Crippen LogP contribution < -0.4 is 19.1 Å². The largest absolute Gasteiger partial charge is 0.486 e. The monoisotopic (exact) mass is 535 g/mol. The number of nitrogens with zero attached hydrogens (tertiary/aromatic N) is 2. The fourth-order valence-electron chi connectivity index (χ4n) is 3.99. The predicted octanol–water partition coefficient (Wildman–Crippen LogP) is 3.09. The van der Waals surface area contributed by atoms with Crippen LogP contribution in [0.3, 0.4) is 0 Å². The molecular weight excluding hydrogens is 501 g/mol. The van der Waals surface area contributed by atoms with E-state index in [9.17, 15) is 22.4 Å². The molecule has 1 atom stereocenters. The molecule has 0 fully saturated rings. The van der Waals surface area contributed by atoms with E-state index in [0.717, 1.165) is 4.31 Å². The summed E-state index contributed by atoms with van der Waals surface area (Å²) in [5.74, 6) is -0.704. The normalized spacial score (nSPS) is 13.7. The second-order valence-corrected chi connectivity index (χ2v) is 11.2. The maximum Gasteiger partial charge on any atom is 0.244 e. The molecule has 37 heavy (non-hydrogen) atoms. The van der Waals surface area contributed by atoms with E-state index in [4.69, 9.17) is 9.47 Å². The van der Waals surface area contributed by atoms with E-state index in [1.165, 1.54) is 42.2 Å². The minimum Gasteiger partial charge on any atom is -0.486 e. The van der Waals surface area contributed by atoms with Crippen LogP contribution in [0.1, 0.15) is 39.7 Å². The molecule has 0 aromatic heterocycles. The second kappa shape index (κ2) is 12.3. The van der Waals surface area contributed by atoms with E-state index in [-0.39, 0.29) is 29.9 Å². The molecule has 3 rings (SSSR count). The Bertz CT molecular complexity index is 1200. The molecule has 9 nitrogen and oxygen atoms in total. The lowest BCUT2D eigenvalue weighted by Crippen LogP contribution is -2.53. The predicted molar refractivity (Wildman–Crippen MR) is 139 cm³/mol. The molecule has 0 spiro atoms. The van der Waals surface area contributed by atoms with Gasteiger partial charge in [-0.25, -0.2) is 12.8 Å². The lowest BCUT2D eigenvalue weighted by molar-refractivity contribution is -0.140. The number of halogens is 1. The molecule has 1 unspecified atom stereocenters. The van der Waals surface area contributed by atoms with Gasteiger partial charge in [0, 0.05) is 18.7 Å². The lowest BCUT2D eigenvalue weighted by Gasteiger charge is -2.33. The van der Waals surface area contributed by atoms with E-state index in [1.54, 1.807) is 19.1 Å². The van der Waals surface area contributed by atoms with Crippen molar-refractivity contribution in [1.82, 2.24) is 10.2 Å². The quantitative estimate of drug-likeness (QED) is 0.474. The molecule has 11 heteroatoms. The van der Waals surface area contributed by atoms with Crippen molar-refractivity contribution in [2.45, 2.75) is 52.7 Å². The number of hydrogen-bond acceptors (Lipinski definition) is 6. The summed E-state index contributed by atoms with van der Waals surface area (Å²) < 4.78 is 51.9. The van der Waals surface area contributed by atoms with Gasteiger partial charge in [-0.05, 0) is 57.0 Å². The average Bonchev–Trinajstić information content (AvgIpc) is 2.87. The summed E-state index contributed by atoms with van der Waals surface area (Å²) in [4.78, 5) is 28.1. The summed E-state index contributed by atoms with van der Waals surface area (Å²) in [6.45, 7) is 7.08. The van der Waals surface area contributed by atoms with Crippen LogP contribution >= 0.6 is 0 Å². The van der Waals surface area contributed by atoms with Crippen molar-refractivity contribution in [3.05, 3.63) is 53.8 Å². The molecule has 2 aromatic rings. The van der Waals surface area contributed by atoms with E-state index in [2.05, 4.69) is 5.32 Å². The Kier molecular flexibility index (Phi) is 9.36. The van der Waals surface area contributed by atoms with E-state index in [0.29, 0.717) is 36.7 Å². The number of anilines is 1. The first kappa shape index (κ1) is 28.2. The first-order chi connectivity index (χ1) is 17.6. The van der Waals surface area contributed by atoms with Crippen LogP contribution in [0.5, 0.6) is 11.5 Å². The summed E-state index contributed by atoms with van der Waals surface area (Å²) in [5.41, 5.74) is 0.857. The van der Waals surface area contributed by atoms with Gasteiger partial charge in [-0.1, -0.05) is 19.1 Å². The molecule has 1 N–H and O–H groups in total. The van der Waals surface area contributed by atoms with Crippen molar-refractivity contribution in [1.29, 1.82) is 0 Å². The zero-order valence-electron chi connectivity index (χ0n) is 21.6. The fraction of sp³-hybridized carbons (Fsp3) is 0.462. The highest BCUT2D eigenvalue weighted by Gasteiger charge is 2.33. The Morgan fingerprint density at radius 2 is 1.68 bits per heavy atom. The van der Waals surface area contributed by atoms with Crippen LogP contribution in [0, 0.1) is 5.82 Å². The molecule has 0 saturated heterocycles. The molecule has 1 aliphatic rings. The van der Waals surface area contributed by atoms with E-state index < -0.39 is 34.3 Å². The Balaban J connectivity index is 1.97. The Morgan fingerprint density at radius 1 is 1.03 bits per heavy atom. The number of ether oxygens (including phenoxy) is 2. The van der Waals surface area contributed by atoms with Gasteiger partial charge in [-0.2, -0.15) is 0 Å². The standard InChI is InChI=1S/C26H34FN3O6S/c1-5-22(26(32)28-18(3)4)29(16-19-7-9-20(27)10-8-19)25(31)17-30(37(33,34)6-2)21-11-12-23-24(15-21)36-14-13-35-23/h7-12,15,18,22H,5-6,13-14,16-17H2,1-4H3,(H,28,32). The second-order valence-electron chi connectivity index (χ2n) is 8.97. The molecule has 0 bridgehead atoms. The number of hydrogen-bond donors (Lipinski definition) is 1. The van der Waals surface area contributed by atoms with Gasteiger partial charge in [-0.15, -0.1) is 0 Å². The van der Waals surface area contributed by atoms with Gasteiger partial charge in [0.2, 0.25) is 21.8 Å². The van der Waals surface area contributed by atoms with Crippen LogP contribution in [0.4, 0.5) is 10.1 Å². The Hall–Kier alpha value is -3.34. The van der Waals surface area contributed by atoms with Crippen LogP contribution in [-0.4, -0.2) is 62.7 Å². The zero-order chi connectivity index (χ0) is 27.2. The number of carbonyl (C=O) groups is 2. The van der Waals surface area contributed by atoms with Crippen LogP contribution in [0.15, 0.2) is 42.5 Å². The first-order valence-electron chi connectivity index (χ1n) is 12.3. The van der Waals surface area contributed by atoms with Gasteiger partial charge in [0.1, 0.15) is 31.6 Å². The third kappa shape index (κ3) is 7.12. The van der Waals surface area contributed by atoms with Crippen molar-refractivity contribution in [2.24, 2.45) is 0 Å². The molecule has 1 heterocycles. The smallest absolute Gasteiger partial charge is 0.244 e. The summed E-state index contributed by atoms with van der Waals surface area (Å²) in [6.07, 6.45) is 0.302. The Morgan fingerprint density at radius 3 is 2.27 bits per heavy atom. The lowest BCUT2D eigenvalue weighted by atomic mass is 10.1. The minimum atomic E-state index is -3.88. The van der Waals surface area contributed by atoms with Crippen LogP contribution in [-0.2, 0) is 26.2 Å². The number of carbonyl (C=O) groups excluding carboxylic acids is 2. The molecule has 202 valence electrons. The molecule has 0 saturated carbocycles. The maximum absolute atomic E-state index is 13.7. The SMILES string of the molecule is CCC(C(=O)NC(C)C)N(Cc1ccc(F)cc1)C(=O)CN(c1ccc2c(c1)OCCO2)S(=O)(=O)CC. The number of rotatable bonds is 11. The van der Waals surface area contributed by atoms with E-state index in [1.807, 2.05) is 13.8 Å². The fourth-order valence-corrected chi connectivity index (χ4v) is 5.05. The van der Waals surface area contributed by atoms with Gasteiger partial charge in [0.25, 0.3) is 0 Å². The molecule has 0 aliphatic carbocycles. The summed E-state index contributed by atoms with van der Waals surface area (Å²) >= 11 is 0. The summed E-state index contributed by atoms with van der Waals surface area (Å²) in [5, 5.41) is 2.83. The molecule has 2 aromatic carbocycles. The third-order valence-corrected chi connectivity index (χ3v) is 7.62. The maximum atomic E-state index is 13.7. The highest BCUT2D eigenvalue weighted by molar-refractivity contribution is 7.92. The Labute approximate surface area is 217 Å². The van der Waals surface area contributed by atoms with Gasteiger partial charge in [-0.3, -0.25) is 13.9 Å².